The summed E-state index contributed by atoms with van der Waals surface area (Å²) in [6.45, 7) is 3.49. The van der Waals surface area contributed by atoms with Gasteiger partial charge in [0.15, 0.2) is 5.03 Å². The van der Waals surface area contributed by atoms with Gasteiger partial charge in [0.05, 0.1) is 16.4 Å². The fourth-order valence-electron chi connectivity index (χ4n) is 1.62. The van der Waals surface area contributed by atoms with Gasteiger partial charge in [0.1, 0.15) is 11.6 Å². The van der Waals surface area contributed by atoms with Crippen molar-refractivity contribution in [1.29, 1.82) is 0 Å². The first kappa shape index (κ1) is 15.0. The van der Waals surface area contributed by atoms with Gasteiger partial charge in [-0.1, -0.05) is 6.92 Å². The number of rotatable bonds is 4. The summed E-state index contributed by atoms with van der Waals surface area (Å²) in [6, 6.07) is 2.64. The number of sulfonamides is 1. The number of nitrogens with one attached hydrogen (secondary N) is 2. The Morgan fingerprint density at radius 1 is 1.45 bits per heavy atom. The van der Waals surface area contributed by atoms with Gasteiger partial charge in [-0.05, 0) is 40.5 Å². The number of hydrogen-bond acceptors (Lipinski definition) is 3. The summed E-state index contributed by atoms with van der Waals surface area (Å²) >= 11 is 3.03. The number of anilines is 1. The zero-order valence-corrected chi connectivity index (χ0v) is 13.3. The summed E-state index contributed by atoms with van der Waals surface area (Å²) < 4.78 is 40.3. The lowest BCUT2D eigenvalue weighted by atomic mass is 10.2. The van der Waals surface area contributed by atoms with E-state index in [-0.39, 0.29) is 9.50 Å². The molecule has 0 saturated heterocycles. The number of aromatic nitrogens is 2. The van der Waals surface area contributed by atoms with Crippen LogP contribution in [-0.4, -0.2) is 18.4 Å². The molecule has 1 heterocycles. The second kappa shape index (κ2) is 5.53. The number of benzene rings is 1. The second-order valence-corrected chi connectivity index (χ2v) is 6.74. The number of imidazole rings is 1. The summed E-state index contributed by atoms with van der Waals surface area (Å²) in [7, 11) is -3.77. The van der Waals surface area contributed by atoms with E-state index in [1.165, 1.54) is 18.3 Å². The molecule has 8 heteroatoms. The molecule has 0 bridgehead atoms. The van der Waals surface area contributed by atoms with Crippen molar-refractivity contribution >= 4 is 31.6 Å². The summed E-state index contributed by atoms with van der Waals surface area (Å²) in [5.41, 5.74) is 0.801. The number of halogens is 2. The van der Waals surface area contributed by atoms with Crippen molar-refractivity contribution in [2.75, 3.05) is 4.72 Å². The molecule has 0 spiro atoms. The third-order valence-electron chi connectivity index (χ3n) is 2.74. The standard InChI is InChI=1S/C12H13BrFN3O2S/c1-3-11-15-6-12(16-11)20(18,19)17-10-5-8(13)9(14)4-7(10)2/h4-6,17H,3H2,1-2H3,(H,15,16). The average molecular weight is 362 g/mol. The molecular formula is C12H13BrFN3O2S. The van der Waals surface area contributed by atoms with E-state index in [0.717, 1.165) is 0 Å². The lowest BCUT2D eigenvalue weighted by Gasteiger charge is -2.10. The highest BCUT2D eigenvalue weighted by atomic mass is 79.9. The van der Waals surface area contributed by atoms with Gasteiger partial charge in [-0.2, -0.15) is 8.42 Å². The first-order valence-corrected chi connectivity index (χ1v) is 8.13. The maximum absolute atomic E-state index is 13.3. The van der Waals surface area contributed by atoms with E-state index < -0.39 is 15.8 Å². The van der Waals surface area contributed by atoms with Gasteiger partial charge < -0.3 is 4.98 Å². The van der Waals surface area contributed by atoms with Crippen molar-refractivity contribution in [3.63, 3.8) is 0 Å². The van der Waals surface area contributed by atoms with Crippen molar-refractivity contribution in [2.45, 2.75) is 25.3 Å². The molecule has 0 unspecified atom stereocenters. The first-order valence-electron chi connectivity index (χ1n) is 5.86. The maximum Gasteiger partial charge on any atom is 0.278 e. The Labute approximate surface area is 124 Å². The first-order chi connectivity index (χ1) is 9.33. The Morgan fingerprint density at radius 2 is 2.15 bits per heavy atom. The molecule has 2 aromatic rings. The number of H-pyrrole nitrogens is 1. The fraction of sp³-hybridized carbons (Fsp3) is 0.250. The van der Waals surface area contributed by atoms with Crippen LogP contribution in [0, 0.1) is 12.7 Å². The van der Waals surface area contributed by atoms with Gasteiger partial charge in [-0.15, -0.1) is 0 Å². The molecule has 0 radical (unpaired) electrons. The van der Waals surface area contributed by atoms with Crippen molar-refractivity contribution in [3.8, 4) is 0 Å². The van der Waals surface area contributed by atoms with Gasteiger partial charge in [0, 0.05) is 6.42 Å². The molecule has 108 valence electrons. The third kappa shape index (κ3) is 3.01. The minimum Gasteiger partial charge on any atom is -0.332 e. The predicted octanol–water partition coefficient (Wildman–Crippen LogP) is 2.98. The van der Waals surface area contributed by atoms with Gasteiger partial charge in [0.2, 0.25) is 0 Å². The summed E-state index contributed by atoms with van der Waals surface area (Å²) in [5, 5.41) is -0.0193. The molecule has 1 aromatic heterocycles. The number of nitrogens with zero attached hydrogens (tertiary/aromatic N) is 1. The zero-order chi connectivity index (χ0) is 14.9. The third-order valence-corrected chi connectivity index (χ3v) is 4.62. The SMILES string of the molecule is CCc1ncc(S(=O)(=O)Nc2cc(Br)c(F)cc2C)[nH]1. The van der Waals surface area contributed by atoms with E-state index in [1.54, 1.807) is 6.92 Å². The molecule has 2 N–H and O–H groups in total. The zero-order valence-electron chi connectivity index (χ0n) is 10.9. The van der Waals surface area contributed by atoms with Crippen LogP contribution in [0.15, 0.2) is 27.8 Å². The van der Waals surface area contributed by atoms with Crippen molar-refractivity contribution in [3.05, 3.63) is 40.0 Å². The lowest BCUT2D eigenvalue weighted by Crippen LogP contribution is -2.14. The smallest absolute Gasteiger partial charge is 0.278 e. The highest BCUT2D eigenvalue weighted by molar-refractivity contribution is 9.10. The molecule has 2 rings (SSSR count). The van der Waals surface area contributed by atoms with E-state index in [4.69, 9.17) is 0 Å². The van der Waals surface area contributed by atoms with Gasteiger partial charge in [-0.25, -0.2) is 9.37 Å². The van der Waals surface area contributed by atoms with E-state index in [2.05, 4.69) is 30.6 Å². The minimum atomic E-state index is -3.77. The Hall–Kier alpha value is -1.41. The van der Waals surface area contributed by atoms with E-state index in [9.17, 15) is 12.8 Å². The Bertz CT molecular complexity index is 743. The Balaban J connectivity index is 2.35. The summed E-state index contributed by atoms with van der Waals surface area (Å²) in [5.74, 6) is 0.141. The van der Waals surface area contributed by atoms with Crippen LogP contribution in [0.2, 0.25) is 0 Å². The summed E-state index contributed by atoms with van der Waals surface area (Å²) in [6.07, 6.45) is 1.87. The molecule has 5 nitrogen and oxygen atoms in total. The molecule has 0 fully saturated rings. The van der Waals surface area contributed by atoms with E-state index in [0.29, 0.717) is 23.5 Å². The average Bonchev–Trinajstić information content (AvgIpc) is 2.85. The predicted molar refractivity (Wildman–Crippen MR) is 77.6 cm³/mol. The monoisotopic (exact) mass is 361 g/mol. The quantitative estimate of drug-likeness (QED) is 0.878. The van der Waals surface area contributed by atoms with Gasteiger partial charge >= 0.3 is 0 Å². The van der Waals surface area contributed by atoms with Crippen LogP contribution in [0.3, 0.4) is 0 Å². The normalized spacial score (nSPS) is 11.6. The molecule has 20 heavy (non-hydrogen) atoms. The highest BCUT2D eigenvalue weighted by Gasteiger charge is 2.18. The molecule has 0 aliphatic carbocycles. The molecule has 0 aliphatic rings. The maximum atomic E-state index is 13.3. The molecular weight excluding hydrogens is 349 g/mol. The van der Waals surface area contributed by atoms with Crippen LogP contribution in [0.25, 0.3) is 0 Å². The topological polar surface area (TPSA) is 74.8 Å². The largest absolute Gasteiger partial charge is 0.332 e. The molecule has 0 saturated carbocycles. The Morgan fingerprint density at radius 3 is 2.75 bits per heavy atom. The van der Waals surface area contributed by atoms with Crippen molar-refractivity contribution < 1.29 is 12.8 Å². The van der Waals surface area contributed by atoms with Crippen LogP contribution < -0.4 is 4.72 Å². The van der Waals surface area contributed by atoms with Crippen LogP contribution in [0.4, 0.5) is 10.1 Å². The van der Waals surface area contributed by atoms with Crippen molar-refractivity contribution in [2.24, 2.45) is 0 Å². The van der Waals surface area contributed by atoms with Gasteiger partial charge in [0.25, 0.3) is 10.0 Å². The fourth-order valence-corrected chi connectivity index (χ4v) is 3.02. The highest BCUT2D eigenvalue weighted by Crippen LogP contribution is 2.26. The molecule has 0 aliphatic heterocycles. The van der Waals surface area contributed by atoms with Gasteiger partial charge in [-0.3, -0.25) is 4.72 Å². The Kier molecular flexibility index (Phi) is 4.14. The minimum absolute atomic E-state index is 0.0193. The molecule has 0 atom stereocenters. The second-order valence-electron chi connectivity index (χ2n) is 4.23. The van der Waals surface area contributed by atoms with E-state index >= 15 is 0 Å². The number of hydrogen-bond donors (Lipinski definition) is 2. The van der Waals surface area contributed by atoms with Crippen LogP contribution in [-0.2, 0) is 16.4 Å². The summed E-state index contributed by atoms with van der Waals surface area (Å²) in [4.78, 5) is 6.67. The van der Waals surface area contributed by atoms with Crippen molar-refractivity contribution in [1.82, 2.24) is 9.97 Å². The van der Waals surface area contributed by atoms with E-state index in [1.807, 2.05) is 6.92 Å². The number of aryl methyl sites for hydroxylation is 2. The molecule has 0 amide bonds. The number of aromatic amines is 1. The lowest BCUT2D eigenvalue weighted by molar-refractivity contribution is 0.597. The van der Waals surface area contributed by atoms with Crippen LogP contribution >= 0.6 is 15.9 Å². The van der Waals surface area contributed by atoms with Crippen LogP contribution in [0.5, 0.6) is 0 Å². The molecule has 1 aromatic carbocycles. The van der Waals surface area contributed by atoms with Crippen LogP contribution in [0.1, 0.15) is 18.3 Å².